The van der Waals surface area contributed by atoms with Gasteiger partial charge in [-0.05, 0) is 30.3 Å². The SMILES string of the molecule is COc1cccc(-n2ccc(C3N(C)C(=O)c4ccccc4N3C)c2)c1. The number of hydrogen-bond acceptors (Lipinski definition) is 3. The fourth-order valence-corrected chi connectivity index (χ4v) is 3.60. The Labute approximate surface area is 153 Å². The van der Waals surface area contributed by atoms with Crippen LogP contribution in [0.15, 0.2) is 67.0 Å². The maximum atomic E-state index is 12.8. The van der Waals surface area contributed by atoms with E-state index in [-0.39, 0.29) is 12.1 Å². The average molecular weight is 347 g/mol. The molecule has 1 unspecified atom stereocenters. The second kappa shape index (κ2) is 6.26. The van der Waals surface area contributed by atoms with Crippen molar-refractivity contribution in [3.8, 4) is 11.4 Å². The largest absolute Gasteiger partial charge is 0.497 e. The standard InChI is InChI=1S/C21H21N3O2/c1-22-19-10-5-4-9-18(19)21(25)23(2)20(22)15-11-12-24(14-15)16-7-6-8-17(13-16)26-3/h4-14,20H,1-3H3. The van der Waals surface area contributed by atoms with Crippen LogP contribution in [0, 0.1) is 0 Å². The zero-order chi connectivity index (χ0) is 18.3. The Morgan fingerprint density at radius 1 is 0.962 bits per heavy atom. The van der Waals surface area contributed by atoms with Crippen LogP contribution in [0.4, 0.5) is 5.69 Å². The summed E-state index contributed by atoms with van der Waals surface area (Å²) in [6, 6.07) is 17.7. The molecule has 0 saturated heterocycles. The number of para-hydroxylation sites is 1. The second-order valence-corrected chi connectivity index (χ2v) is 6.47. The molecule has 2 heterocycles. The van der Waals surface area contributed by atoms with Gasteiger partial charge in [0, 0.05) is 43.8 Å². The van der Waals surface area contributed by atoms with Crippen LogP contribution in [0.3, 0.4) is 0 Å². The van der Waals surface area contributed by atoms with Crippen molar-refractivity contribution in [3.05, 3.63) is 78.1 Å². The number of fused-ring (bicyclic) bond motifs is 1. The molecule has 132 valence electrons. The average Bonchev–Trinajstić information content (AvgIpc) is 3.16. The maximum absolute atomic E-state index is 12.8. The van der Waals surface area contributed by atoms with Crippen molar-refractivity contribution in [2.45, 2.75) is 6.17 Å². The van der Waals surface area contributed by atoms with Crippen molar-refractivity contribution in [2.24, 2.45) is 0 Å². The predicted molar refractivity (Wildman–Crippen MR) is 102 cm³/mol. The van der Waals surface area contributed by atoms with Crippen LogP contribution in [0.1, 0.15) is 22.1 Å². The number of rotatable bonds is 3. The molecule has 0 spiro atoms. The molecule has 1 aliphatic heterocycles. The van der Waals surface area contributed by atoms with Gasteiger partial charge >= 0.3 is 0 Å². The molecule has 2 aromatic carbocycles. The van der Waals surface area contributed by atoms with Crippen LogP contribution >= 0.6 is 0 Å². The fourth-order valence-electron chi connectivity index (χ4n) is 3.60. The normalized spacial score (nSPS) is 16.6. The zero-order valence-electron chi connectivity index (χ0n) is 15.1. The number of aromatic nitrogens is 1. The monoisotopic (exact) mass is 347 g/mol. The van der Waals surface area contributed by atoms with Crippen molar-refractivity contribution < 1.29 is 9.53 Å². The van der Waals surface area contributed by atoms with Crippen LogP contribution < -0.4 is 9.64 Å². The summed E-state index contributed by atoms with van der Waals surface area (Å²) in [4.78, 5) is 16.7. The summed E-state index contributed by atoms with van der Waals surface area (Å²) >= 11 is 0. The summed E-state index contributed by atoms with van der Waals surface area (Å²) in [5.74, 6) is 0.853. The lowest BCUT2D eigenvalue weighted by atomic mass is 10.0. The van der Waals surface area contributed by atoms with E-state index in [1.165, 1.54) is 0 Å². The molecule has 5 heteroatoms. The Hall–Kier alpha value is -3.21. The van der Waals surface area contributed by atoms with Gasteiger partial charge in [-0.2, -0.15) is 0 Å². The first-order valence-electron chi connectivity index (χ1n) is 8.51. The molecule has 0 bridgehead atoms. The molecule has 5 nitrogen and oxygen atoms in total. The van der Waals surface area contributed by atoms with Crippen LogP contribution in [-0.2, 0) is 0 Å². The number of hydrogen-bond donors (Lipinski definition) is 0. The van der Waals surface area contributed by atoms with Crippen molar-refractivity contribution in [2.75, 3.05) is 26.1 Å². The molecular weight excluding hydrogens is 326 g/mol. The lowest BCUT2D eigenvalue weighted by Crippen LogP contribution is -2.45. The minimum absolute atomic E-state index is 0.0397. The Balaban J connectivity index is 1.72. The number of amides is 1. The van der Waals surface area contributed by atoms with E-state index in [4.69, 9.17) is 4.74 Å². The number of nitrogens with zero attached hydrogens (tertiary/aromatic N) is 3. The third-order valence-corrected chi connectivity index (χ3v) is 4.93. The van der Waals surface area contributed by atoms with E-state index in [2.05, 4.69) is 17.2 Å². The molecular formula is C21H21N3O2. The summed E-state index contributed by atoms with van der Waals surface area (Å²) in [6.07, 6.45) is 3.93. The van der Waals surface area contributed by atoms with Crippen molar-refractivity contribution in [3.63, 3.8) is 0 Å². The molecule has 0 radical (unpaired) electrons. The van der Waals surface area contributed by atoms with Gasteiger partial charge in [-0.3, -0.25) is 4.79 Å². The highest BCUT2D eigenvalue weighted by molar-refractivity contribution is 6.01. The summed E-state index contributed by atoms with van der Waals surface area (Å²) in [5.41, 5.74) is 3.76. The Bertz CT molecular complexity index is 963. The molecule has 0 saturated carbocycles. The topological polar surface area (TPSA) is 37.7 Å². The number of carbonyl (C=O) groups is 1. The van der Waals surface area contributed by atoms with Crippen molar-refractivity contribution in [1.82, 2.24) is 9.47 Å². The third kappa shape index (κ3) is 2.52. The van der Waals surface area contributed by atoms with Gasteiger partial charge in [-0.15, -0.1) is 0 Å². The summed E-state index contributed by atoms with van der Waals surface area (Å²) in [5, 5.41) is 0. The van der Waals surface area contributed by atoms with Crippen molar-refractivity contribution in [1.29, 1.82) is 0 Å². The minimum atomic E-state index is -0.149. The molecule has 4 rings (SSSR count). The Morgan fingerprint density at radius 2 is 1.77 bits per heavy atom. The van der Waals surface area contributed by atoms with E-state index in [1.54, 1.807) is 12.0 Å². The number of anilines is 1. The molecule has 0 aliphatic carbocycles. The number of benzene rings is 2. The summed E-state index contributed by atoms with van der Waals surface area (Å²) in [6.45, 7) is 0. The maximum Gasteiger partial charge on any atom is 0.257 e. The van der Waals surface area contributed by atoms with Gasteiger partial charge in [0.05, 0.1) is 18.4 Å². The van der Waals surface area contributed by atoms with Gasteiger partial charge in [0.25, 0.3) is 5.91 Å². The summed E-state index contributed by atoms with van der Waals surface area (Å²) in [7, 11) is 5.53. The lowest BCUT2D eigenvalue weighted by molar-refractivity contribution is 0.0711. The van der Waals surface area contributed by atoms with E-state index in [0.29, 0.717) is 0 Å². The highest BCUT2D eigenvalue weighted by Gasteiger charge is 2.34. The number of ether oxygens (including phenoxy) is 1. The highest BCUT2D eigenvalue weighted by Crippen LogP contribution is 2.36. The smallest absolute Gasteiger partial charge is 0.257 e. The number of carbonyl (C=O) groups excluding carboxylic acids is 1. The van der Waals surface area contributed by atoms with E-state index >= 15 is 0 Å². The quantitative estimate of drug-likeness (QED) is 0.725. The van der Waals surface area contributed by atoms with Crippen LogP contribution in [0.5, 0.6) is 5.75 Å². The first-order chi connectivity index (χ1) is 12.6. The first-order valence-corrected chi connectivity index (χ1v) is 8.51. The molecule has 0 N–H and O–H groups in total. The van der Waals surface area contributed by atoms with Gasteiger partial charge in [0.2, 0.25) is 0 Å². The molecule has 3 aromatic rings. The molecule has 1 aliphatic rings. The summed E-state index contributed by atoms with van der Waals surface area (Å²) < 4.78 is 7.36. The molecule has 1 atom stereocenters. The van der Waals surface area contributed by atoms with E-state index in [9.17, 15) is 4.79 Å². The van der Waals surface area contributed by atoms with Crippen molar-refractivity contribution >= 4 is 11.6 Å². The predicted octanol–water partition coefficient (Wildman–Crippen LogP) is 3.71. The molecule has 1 aromatic heterocycles. The van der Waals surface area contributed by atoms with E-state index in [1.807, 2.05) is 73.4 Å². The van der Waals surface area contributed by atoms with Crippen LogP contribution in [0.25, 0.3) is 5.69 Å². The molecule has 0 fully saturated rings. The highest BCUT2D eigenvalue weighted by atomic mass is 16.5. The van der Waals surface area contributed by atoms with E-state index < -0.39 is 0 Å². The lowest BCUT2D eigenvalue weighted by Gasteiger charge is -2.41. The molecule has 26 heavy (non-hydrogen) atoms. The van der Waals surface area contributed by atoms with Gasteiger partial charge < -0.3 is 19.1 Å². The first kappa shape index (κ1) is 16.3. The van der Waals surface area contributed by atoms with Crippen LogP contribution in [0.2, 0.25) is 0 Å². The Kier molecular flexibility index (Phi) is 3.92. The van der Waals surface area contributed by atoms with E-state index in [0.717, 1.165) is 28.3 Å². The van der Waals surface area contributed by atoms with Gasteiger partial charge in [-0.1, -0.05) is 18.2 Å². The minimum Gasteiger partial charge on any atom is -0.497 e. The number of methoxy groups -OCH3 is 1. The Morgan fingerprint density at radius 3 is 2.58 bits per heavy atom. The molecule has 1 amide bonds. The van der Waals surface area contributed by atoms with Gasteiger partial charge in [0.1, 0.15) is 11.9 Å². The van der Waals surface area contributed by atoms with Crippen LogP contribution in [-0.4, -0.2) is 36.6 Å². The third-order valence-electron chi connectivity index (χ3n) is 4.93. The van der Waals surface area contributed by atoms with Gasteiger partial charge in [-0.25, -0.2) is 0 Å². The zero-order valence-corrected chi connectivity index (χ0v) is 15.1. The second-order valence-electron chi connectivity index (χ2n) is 6.47. The van der Waals surface area contributed by atoms with Gasteiger partial charge in [0.15, 0.2) is 0 Å². The fraction of sp³-hybridized carbons (Fsp3) is 0.190.